The predicted octanol–water partition coefficient (Wildman–Crippen LogP) is 0.480. The molecule has 0 aliphatic rings. The van der Waals surface area contributed by atoms with E-state index in [1.807, 2.05) is 12.3 Å². The van der Waals surface area contributed by atoms with Crippen molar-refractivity contribution >= 4 is 35.7 Å². The van der Waals surface area contributed by atoms with Crippen LogP contribution in [0.4, 0.5) is 4.79 Å². The molecule has 2 atom stereocenters. The highest BCUT2D eigenvalue weighted by Crippen LogP contribution is 2.06. The van der Waals surface area contributed by atoms with Crippen LogP contribution in [0.1, 0.15) is 24.8 Å². The minimum absolute atomic E-state index is 0.0213. The Bertz CT molecular complexity index is 824. The van der Waals surface area contributed by atoms with E-state index in [1.165, 1.54) is 11.8 Å². The van der Waals surface area contributed by atoms with Gasteiger partial charge in [0, 0.05) is 6.54 Å². The maximum absolute atomic E-state index is 12.7. The van der Waals surface area contributed by atoms with Gasteiger partial charge < -0.3 is 31.5 Å². The highest BCUT2D eigenvalue weighted by molar-refractivity contribution is 7.98. The molecule has 182 valence electrons. The molecule has 1 aromatic carbocycles. The summed E-state index contributed by atoms with van der Waals surface area (Å²) in [5, 5.41) is 28.9. The zero-order valence-electron chi connectivity index (χ0n) is 18.1. The van der Waals surface area contributed by atoms with E-state index in [4.69, 9.17) is 10.5 Å². The minimum atomic E-state index is -1.26. The fourth-order valence-electron chi connectivity index (χ4n) is 2.59. The van der Waals surface area contributed by atoms with E-state index in [1.54, 1.807) is 24.3 Å². The largest absolute Gasteiger partial charge is 0.480 e. The molecule has 0 aliphatic carbocycles. The molecular formula is C19H28N6O7S. The molecule has 0 saturated heterocycles. The topological polar surface area (TPSA) is 198 Å². The summed E-state index contributed by atoms with van der Waals surface area (Å²) >= 11 is 1.47. The minimum Gasteiger partial charge on any atom is -0.480 e. The molecule has 1 aromatic rings. The molecular weight excluding hydrogens is 456 g/mol. The van der Waals surface area contributed by atoms with Gasteiger partial charge in [-0.3, -0.25) is 4.79 Å². The molecule has 0 heterocycles. The van der Waals surface area contributed by atoms with Crippen LogP contribution in [0.15, 0.2) is 35.4 Å². The molecule has 6 N–H and O–H groups in total. The van der Waals surface area contributed by atoms with Gasteiger partial charge in [-0.25, -0.2) is 19.7 Å². The van der Waals surface area contributed by atoms with Gasteiger partial charge in [0.2, 0.25) is 5.91 Å². The van der Waals surface area contributed by atoms with Crippen molar-refractivity contribution in [1.29, 1.82) is 0 Å². The van der Waals surface area contributed by atoms with Crippen LogP contribution in [-0.2, 0) is 20.9 Å². The van der Waals surface area contributed by atoms with Crippen LogP contribution in [0.3, 0.4) is 0 Å². The lowest BCUT2D eigenvalue weighted by Crippen LogP contribution is -2.52. The first-order valence-corrected chi connectivity index (χ1v) is 11.3. The van der Waals surface area contributed by atoms with Crippen LogP contribution < -0.4 is 21.7 Å². The Labute approximate surface area is 194 Å². The number of hydrogen-bond acceptors (Lipinski definition) is 7. The summed E-state index contributed by atoms with van der Waals surface area (Å²) in [7, 11) is 0. The fourth-order valence-corrected chi connectivity index (χ4v) is 3.06. The molecule has 0 aromatic heterocycles. The van der Waals surface area contributed by atoms with Crippen LogP contribution in [-0.4, -0.2) is 64.7 Å². The van der Waals surface area contributed by atoms with Gasteiger partial charge >= 0.3 is 12.1 Å². The Morgan fingerprint density at radius 3 is 2.52 bits per heavy atom. The van der Waals surface area contributed by atoms with Gasteiger partial charge in [0.1, 0.15) is 23.8 Å². The standard InChI is InChI=1S/C19H28N6O7S/c1-33-11-9-14(23-19(29)32-12-13-6-3-2-4-7-13)16(26)22-15(17(27)28)8-5-10-21-18(20)24-25(30)31/h2-4,6-7,14-15H,5,8-12H2,1H3,(H,22,26)(H,23,29)(H,27,28)(H3,20,21,24)/t14-,15-/m0/s1. The number of hydrazone groups is 1. The Kier molecular flexibility index (Phi) is 12.7. The Balaban J connectivity index is 2.60. The number of amides is 2. The number of benzene rings is 1. The number of nitrogens with one attached hydrogen (secondary N) is 3. The van der Waals surface area contributed by atoms with Gasteiger partial charge in [0.25, 0.3) is 5.96 Å². The van der Waals surface area contributed by atoms with Gasteiger partial charge in [-0.2, -0.15) is 11.8 Å². The number of nitrogens with zero attached hydrogens (tertiary/aromatic N) is 2. The molecule has 13 nitrogen and oxygen atoms in total. The third-order valence-electron chi connectivity index (χ3n) is 4.21. The lowest BCUT2D eigenvalue weighted by molar-refractivity contribution is -0.485. The summed E-state index contributed by atoms with van der Waals surface area (Å²) in [5.41, 5.74) is 6.06. The van der Waals surface area contributed by atoms with E-state index in [-0.39, 0.29) is 32.4 Å². The van der Waals surface area contributed by atoms with Crippen LogP contribution in [0.2, 0.25) is 0 Å². The highest BCUT2D eigenvalue weighted by Gasteiger charge is 2.26. The first-order valence-electron chi connectivity index (χ1n) is 9.94. The number of nitro groups is 1. The van der Waals surface area contributed by atoms with Gasteiger partial charge in [-0.15, -0.1) is 0 Å². The number of nitrogens with two attached hydrogens (primary N) is 1. The van der Waals surface area contributed by atoms with Crippen molar-refractivity contribution in [2.75, 3.05) is 18.6 Å². The Morgan fingerprint density at radius 2 is 1.91 bits per heavy atom. The number of aliphatic carboxylic acids is 1. The van der Waals surface area contributed by atoms with E-state index < -0.39 is 41.0 Å². The van der Waals surface area contributed by atoms with Crippen LogP contribution >= 0.6 is 11.8 Å². The molecule has 0 bridgehead atoms. The normalized spacial score (nSPS) is 12.8. The number of carbonyl (C=O) groups excluding carboxylic acids is 2. The summed E-state index contributed by atoms with van der Waals surface area (Å²) in [5.74, 6) is -1.78. The number of carboxylic acids is 1. The summed E-state index contributed by atoms with van der Waals surface area (Å²) in [6.45, 7) is 0.139. The average molecular weight is 485 g/mol. The van der Waals surface area contributed by atoms with Crippen molar-refractivity contribution in [3.63, 3.8) is 0 Å². The molecule has 33 heavy (non-hydrogen) atoms. The van der Waals surface area contributed by atoms with E-state index >= 15 is 0 Å². The van der Waals surface area contributed by atoms with Crippen molar-refractivity contribution in [3.8, 4) is 0 Å². The van der Waals surface area contributed by atoms with E-state index in [9.17, 15) is 29.6 Å². The number of carbonyl (C=O) groups is 3. The van der Waals surface area contributed by atoms with Gasteiger partial charge in [0.05, 0.1) is 0 Å². The second kappa shape index (κ2) is 15.3. The number of guanidine groups is 1. The SMILES string of the molecule is CSCC[C@H](NC(=O)OCc1ccccc1)C(=O)N[C@@H](CCCN/C(N)=N/[N+](=O)[O-])C(=O)O. The predicted molar refractivity (Wildman–Crippen MR) is 122 cm³/mol. The second-order valence-electron chi connectivity index (χ2n) is 6.73. The average Bonchev–Trinajstić information content (AvgIpc) is 2.77. The molecule has 0 saturated carbocycles. The molecule has 0 radical (unpaired) electrons. The lowest BCUT2D eigenvalue weighted by Gasteiger charge is -2.21. The lowest BCUT2D eigenvalue weighted by atomic mass is 10.1. The summed E-state index contributed by atoms with van der Waals surface area (Å²) in [4.78, 5) is 46.6. The summed E-state index contributed by atoms with van der Waals surface area (Å²) < 4.78 is 5.14. The first kappa shape index (κ1) is 27.5. The van der Waals surface area contributed by atoms with Crippen LogP contribution in [0.25, 0.3) is 0 Å². The number of alkyl carbamates (subject to hydrolysis) is 1. The highest BCUT2D eigenvalue weighted by atomic mass is 32.2. The number of rotatable bonds is 14. The number of hydrogen-bond donors (Lipinski definition) is 5. The van der Waals surface area contributed by atoms with E-state index in [0.717, 1.165) is 5.56 Å². The maximum Gasteiger partial charge on any atom is 0.408 e. The summed E-state index contributed by atoms with van der Waals surface area (Å²) in [6.07, 6.45) is 1.57. The van der Waals surface area contributed by atoms with Gasteiger partial charge in [0.15, 0.2) is 5.03 Å². The molecule has 14 heteroatoms. The molecule has 0 fully saturated rings. The number of thioether (sulfide) groups is 1. The van der Waals surface area contributed by atoms with Gasteiger partial charge in [-0.1, -0.05) is 30.3 Å². The third-order valence-corrected chi connectivity index (χ3v) is 4.86. The monoisotopic (exact) mass is 484 g/mol. The van der Waals surface area contributed by atoms with Crippen LogP contribution in [0, 0.1) is 10.1 Å². The molecule has 0 aliphatic heterocycles. The second-order valence-corrected chi connectivity index (χ2v) is 7.72. The van der Waals surface area contributed by atoms with Crippen molar-refractivity contribution < 1.29 is 29.3 Å². The molecule has 0 unspecified atom stereocenters. The third kappa shape index (κ3) is 12.2. The molecule has 0 spiro atoms. The van der Waals surface area contributed by atoms with Crippen molar-refractivity contribution in [2.45, 2.75) is 38.0 Å². The Hall–Kier alpha value is -3.55. The summed E-state index contributed by atoms with van der Waals surface area (Å²) in [6, 6.07) is 6.79. The van der Waals surface area contributed by atoms with Gasteiger partial charge in [-0.05, 0) is 36.8 Å². The van der Waals surface area contributed by atoms with Crippen molar-refractivity contribution in [3.05, 3.63) is 46.0 Å². The van der Waals surface area contributed by atoms with Crippen LogP contribution in [0.5, 0.6) is 0 Å². The smallest absolute Gasteiger partial charge is 0.408 e. The quantitative estimate of drug-likeness (QED) is 0.0813. The molecule has 2 amide bonds. The first-order chi connectivity index (χ1) is 15.7. The van der Waals surface area contributed by atoms with Crippen molar-refractivity contribution in [1.82, 2.24) is 16.0 Å². The fraction of sp³-hybridized carbons (Fsp3) is 0.474. The zero-order valence-corrected chi connectivity index (χ0v) is 18.9. The van der Waals surface area contributed by atoms with E-state index in [0.29, 0.717) is 5.75 Å². The van der Waals surface area contributed by atoms with E-state index in [2.05, 4.69) is 21.1 Å². The Morgan fingerprint density at radius 1 is 1.21 bits per heavy atom. The number of carboxylic acid groups (broad SMARTS) is 1. The zero-order chi connectivity index (χ0) is 24.6. The van der Waals surface area contributed by atoms with Crippen molar-refractivity contribution in [2.24, 2.45) is 10.8 Å². The number of ether oxygens (including phenoxy) is 1. The molecule has 1 rings (SSSR count). The maximum atomic E-state index is 12.7.